The van der Waals surface area contributed by atoms with Gasteiger partial charge in [0, 0.05) is 19.8 Å². The second kappa shape index (κ2) is 8.53. The van der Waals surface area contributed by atoms with E-state index in [1.54, 1.807) is 12.3 Å². The standard InChI is InChI=1S/C19H19N3O3S/c1-22(17-5-2-3-10-20-17)11-4-12-25-15-8-6-14(7-9-15)13-16-18(23)21-19(24)26-16/h2-3,5-10,13H,4,11-12H2,1H3,(H,21,23,24)/b16-13-. The maximum Gasteiger partial charge on any atom is 0.290 e. The van der Waals surface area contributed by atoms with Crippen molar-refractivity contribution in [1.29, 1.82) is 0 Å². The normalized spacial score (nSPS) is 15.2. The van der Waals surface area contributed by atoms with E-state index in [9.17, 15) is 9.59 Å². The van der Waals surface area contributed by atoms with E-state index in [0.29, 0.717) is 11.5 Å². The van der Waals surface area contributed by atoms with Gasteiger partial charge in [-0.05, 0) is 54.1 Å². The summed E-state index contributed by atoms with van der Waals surface area (Å²) >= 11 is 0.911. The lowest BCUT2D eigenvalue weighted by atomic mass is 10.2. The molecule has 7 heteroatoms. The monoisotopic (exact) mass is 369 g/mol. The lowest BCUT2D eigenvalue weighted by molar-refractivity contribution is -0.115. The molecule has 0 unspecified atom stereocenters. The van der Waals surface area contributed by atoms with E-state index in [-0.39, 0.29) is 11.1 Å². The summed E-state index contributed by atoms with van der Waals surface area (Å²) in [5, 5.41) is 1.90. The maximum absolute atomic E-state index is 11.5. The van der Waals surface area contributed by atoms with Crippen LogP contribution in [0.4, 0.5) is 10.6 Å². The molecule has 1 aliphatic heterocycles. The number of nitrogens with one attached hydrogen (secondary N) is 1. The predicted molar refractivity (Wildman–Crippen MR) is 103 cm³/mol. The fourth-order valence-electron chi connectivity index (χ4n) is 2.42. The first kappa shape index (κ1) is 18.0. The summed E-state index contributed by atoms with van der Waals surface area (Å²) < 4.78 is 5.75. The molecule has 1 N–H and O–H groups in total. The highest BCUT2D eigenvalue weighted by Crippen LogP contribution is 2.26. The van der Waals surface area contributed by atoms with E-state index in [1.807, 2.05) is 49.5 Å². The third-order valence-electron chi connectivity index (χ3n) is 3.77. The molecule has 26 heavy (non-hydrogen) atoms. The van der Waals surface area contributed by atoms with Crippen LogP contribution < -0.4 is 15.0 Å². The molecule has 1 aromatic heterocycles. The van der Waals surface area contributed by atoms with Crippen LogP contribution in [-0.2, 0) is 4.79 Å². The van der Waals surface area contributed by atoms with E-state index in [2.05, 4.69) is 15.2 Å². The van der Waals surface area contributed by atoms with E-state index in [4.69, 9.17) is 4.74 Å². The van der Waals surface area contributed by atoms with Gasteiger partial charge in [0.05, 0.1) is 11.5 Å². The van der Waals surface area contributed by atoms with Gasteiger partial charge in [-0.15, -0.1) is 0 Å². The van der Waals surface area contributed by atoms with E-state index < -0.39 is 0 Å². The highest BCUT2D eigenvalue weighted by atomic mass is 32.2. The van der Waals surface area contributed by atoms with Crippen LogP contribution in [-0.4, -0.2) is 36.3 Å². The number of amides is 2. The third kappa shape index (κ3) is 4.86. The molecular weight excluding hydrogens is 350 g/mol. The van der Waals surface area contributed by atoms with Crippen LogP contribution in [0.15, 0.2) is 53.6 Å². The van der Waals surface area contributed by atoms with Crippen LogP contribution in [0.2, 0.25) is 0 Å². The molecule has 0 aliphatic carbocycles. The first-order chi connectivity index (χ1) is 12.6. The number of aromatic nitrogens is 1. The smallest absolute Gasteiger partial charge is 0.290 e. The number of benzene rings is 1. The number of imide groups is 1. The summed E-state index contributed by atoms with van der Waals surface area (Å²) in [6.45, 7) is 1.45. The molecule has 0 atom stereocenters. The van der Waals surface area contributed by atoms with Crippen LogP contribution in [0.25, 0.3) is 6.08 Å². The number of ether oxygens (including phenoxy) is 1. The minimum absolute atomic E-state index is 0.336. The Morgan fingerprint density at radius 3 is 2.65 bits per heavy atom. The van der Waals surface area contributed by atoms with Crippen molar-refractivity contribution in [2.75, 3.05) is 25.1 Å². The van der Waals surface area contributed by atoms with Gasteiger partial charge in [-0.1, -0.05) is 18.2 Å². The predicted octanol–water partition coefficient (Wildman–Crippen LogP) is 3.31. The number of rotatable bonds is 7. The lowest BCUT2D eigenvalue weighted by Gasteiger charge is -2.17. The van der Waals surface area contributed by atoms with Gasteiger partial charge in [0.1, 0.15) is 11.6 Å². The van der Waals surface area contributed by atoms with E-state index in [1.165, 1.54) is 0 Å². The zero-order valence-electron chi connectivity index (χ0n) is 14.3. The highest BCUT2D eigenvalue weighted by molar-refractivity contribution is 8.18. The largest absolute Gasteiger partial charge is 0.494 e. The number of hydrogen-bond acceptors (Lipinski definition) is 6. The fraction of sp³-hybridized carbons (Fsp3) is 0.211. The average molecular weight is 369 g/mol. The first-order valence-electron chi connectivity index (χ1n) is 8.22. The lowest BCUT2D eigenvalue weighted by Crippen LogP contribution is -2.21. The van der Waals surface area contributed by atoms with Gasteiger partial charge in [0.15, 0.2) is 0 Å². The fourth-order valence-corrected chi connectivity index (χ4v) is 3.10. The Balaban J connectivity index is 1.45. The molecule has 2 amide bonds. The van der Waals surface area contributed by atoms with Crippen molar-refractivity contribution < 1.29 is 14.3 Å². The van der Waals surface area contributed by atoms with Gasteiger partial charge in [-0.25, -0.2) is 4.98 Å². The van der Waals surface area contributed by atoms with E-state index in [0.717, 1.165) is 41.9 Å². The number of nitrogens with zero attached hydrogens (tertiary/aromatic N) is 2. The van der Waals surface area contributed by atoms with E-state index >= 15 is 0 Å². The van der Waals surface area contributed by atoms with Crippen LogP contribution >= 0.6 is 11.8 Å². The summed E-state index contributed by atoms with van der Waals surface area (Å²) in [5.41, 5.74) is 0.847. The topological polar surface area (TPSA) is 71.5 Å². The van der Waals surface area contributed by atoms with Crippen molar-refractivity contribution in [3.63, 3.8) is 0 Å². The Kier molecular flexibility index (Phi) is 5.91. The molecule has 1 aromatic carbocycles. The summed E-state index contributed by atoms with van der Waals surface area (Å²) in [6.07, 6.45) is 4.34. The Bertz CT molecular complexity index is 807. The zero-order chi connectivity index (χ0) is 18.4. The molecule has 0 spiro atoms. The van der Waals surface area contributed by atoms with Crippen molar-refractivity contribution in [2.24, 2.45) is 0 Å². The Morgan fingerprint density at radius 1 is 1.19 bits per heavy atom. The van der Waals surface area contributed by atoms with Crippen LogP contribution in [0.5, 0.6) is 5.75 Å². The molecule has 6 nitrogen and oxygen atoms in total. The van der Waals surface area contributed by atoms with Gasteiger partial charge >= 0.3 is 0 Å². The van der Waals surface area contributed by atoms with Crippen LogP contribution in [0.3, 0.4) is 0 Å². The summed E-state index contributed by atoms with van der Waals surface area (Å²) in [5.74, 6) is 1.36. The van der Waals surface area contributed by atoms with Crippen molar-refractivity contribution >= 4 is 34.8 Å². The first-order valence-corrected chi connectivity index (χ1v) is 9.03. The van der Waals surface area contributed by atoms with Crippen LogP contribution in [0, 0.1) is 0 Å². The summed E-state index contributed by atoms with van der Waals surface area (Å²) in [7, 11) is 2.01. The minimum atomic E-state index is -0.350. The zero-order valence-corrected chi connectivity index (χ0v) is 15.2. The minimum Gasteiger partial charge on any atom is -0.494 e. The van der Waals surface area contributed by atoms with Crippen molar-refractivity contribution in [3.05, 3.63) is 59.1 Å². The van der Waals surface area contributed by atoms with Gasteiger partial charge in [0.25, 0.3) is 11.1 Å². The van der Waals surface area contributed by atoms with Gasteiger partial charge in [-0.3, -0.25) is 14.9 Å². The SMILES string of the molecule is CN(CCCOc1ccc(/C=C2\SC(=O)NC2=O)cc1)c1ccccn1. The van der Waals surface area contributed by atoms with Crippen molar-refractivity contribution in [2.45, 2.75) is 6.42 Å². The Hall–Kier alpha value is -2.80. The number of carbonyl (C=O) groups is 2. The molecule has 0 bridgehead atoms. The molecule has 3 rings (SSSR count). The highest BCUT2D eigenvalue weighted by Gasteiger charge is 2.24. The second-order valence-electron chi connectivity index (χ2n) is 5.73. The van der Waals surface area contributed by atoms with Gasteiger partial charge in [0.2, 0.25) is 0 Å². The number of hydrogen-bond donors (Lipinski definition) is 1. The third-order valence-corrected chi connectivity index (χ3v) is 4.58. The number of pyridine rings is 1. The maximum atomic E-state index is 11.5. The molecule has 134 valence electrons. The average Bonchev–Trinajstić information content (AvgIpc) is 2.97. The van der Waals surface area contributed by atoms with Gasteiger partial charge < -0.3 is 9.64 Å². The molecule has 1 fully saturated rings. The molecule has 1 aliphatic rings. The quantitative estimate of drug-likeness (QED) is 0.596. The summed E-state index contributed by atoms with van der Waals surface area (Å²) in [6, 6.07) is 13.3. The van der Waals surface area contributed by atoms with Crippen LogP contribution in [0.1, 0.15) is 12.0 Å². The molecule has 1 saturated heterocycles. The number of carbonyl (C=O) groups excluding carboxylic acids is 2. The molecule has 0 saturated carbocycles. The Labute approximate surface area is 156 Å². The van der Waals surface area contributed by atoms with Gasteiger partial charge in [-0.2, -0.15) is 0 Å². The second-order valence-corrected chi connectivity index (χ2v) is 6.75. The Morgan fingerprint density at radius 2 is 2.00 bits per heavy atom. The molecule has 2 heterocycles. The molecule has 0 radical (unpaired) electrons. The molecule has 2 aromatic rings. The number of thioether (sulfide) groups is 1. The van der Waals surface area contributed by atoms with Crippen molar-refractivity contribution in [3.8, 4) is 5.75 Å². The molecular formula is C19H19N3O3S. The van der Waals surface area contributed by atoms with Crippen molar-refractivity contribution in [1.82, 2.24) is 10.3 Å². The summed E-state index contributed by atoms with van der Waals surface area (Å²) in [4.78, 5) is 29.5. The number of anilines is 1.